The normalized spacial score (nSPS) is 12.9. The predicted octanol–water partition coefficient (Wildman–Crippen LogP) is 2.28. The zero-order valence-electron chi connectivity index (χ0n) is 9.31. The second-order valence-corrected chi connectivity index (χ2v) is 4.12. The van der Waals surface area contributed by atoms with Crippen LogP contribution in [-0.4, -0.2) is 17.3 Å². The van der Waals surface area contributed by atoms with Gasteiger partial charge >= 0.3 is 0 Å². The van der Waals surface area contributed by atoms with Crippen molar-refractivity contribution in [3.8, 4) is 0 Å². The van der Waals surface area contributed by atoms with Crippen molar-refractivity contribution in [3.05, 3.63) is 59.4 Å². The standard InChI is InChI=1S/C14H12N2O/c17-14(12-2-1-6-15-9-12)11-4-3-10-5-7-16-13(10)8-11/h1-4,6,8-9,16H,5,7H2. The van der Waals surface area contributed by atoms with Crippen molar-refractivity contribution in [2.75, 3.05) is 11.9 Å². The lowest BCUT2D eigenvalue weighted by Crippen LogP contribution is -2.02. The highest BCUT2D eigenvalue weighted by Gasteiger charge is 2.14. The van der Waals surface area contributed by atoms with Gasteiger partial charge in [0.25, 0.3) is 0 Å². The lowest BCUT2D eigenvalue weighted by molar-refractivity contribution is 0.103. The van der Waals surface area contributed by atoms with Crippen molar-refractivity contribution < 1.29 is 4.79 Å². The van der Waals surface area contributed by atoms with E-state index < -0.39 is 0 Å². The molecule has 0 unspecified atom stereocenters. The molecule has 0 fully saturated rings. The molecule has 1 aliphatic rings. The third-order valence-corrected chi connectivity index (χ3v) is 3.01. The van der Waals surface area contributed by atoms with Gasteiger partial charge in [-0.2, -0.15) is 0 Å². The summed E-state index contributed by atoms with van der Waals surface area (Å²) in [6.07, 6.45) is 4.31. The Labute approximate surface area is 99.5 Å². The summed E-state index contributed by atoms with van der Waals surface area (Å²) in [7, 11) is 0. The van der Waals surface area contributed by atoms with Crippen LogP contribution in [0.15, 0.2) is 42.7 Å². The molecule has 3 rings (SSSR count). The van der Waals surface area contributed by atoms with Crippen molar-refractivity contribution in [1.29, 1.82) is 0 Å². The Balaban J connectivity index is 1.97. The molecule has 1 aliphatic heterocycles. The van der Waals surface area contributed by atoms with Crippen LogP contribution in [0.4, 0.5) is 5.69 Å². The first kappa shape index (κ1) is 10.0. The molecule has 0 saturated heterocycles. The van der Waals surface area contributed by atoms with E-state index in [1.165, 1.54) is 5.56 Å². The number of fused-ring (bicyclic) bond motifs is 1. The quantitative estimate of drug-likeness (QED) is 0.796. The second-order valence-electron chi connectivity index (χ2n) is 4.12. The van der Waals surface area contributed by atoms with Gasteiger partial charge in [0.1, 0.15) is 0 Å². The summed E-state index contributed by atoms with van der Waals surface area (Å²) in [5, 5.41) is 3.28. The van der Waals surface area contributed by atoms with E-state index in [4.69, 9.17) is 0 Å². The van der Waals surface area contributed by atoms with Crippen LogP contribution in [0.2, 0.25) is 0 Å². The number of rotatable bonds is 2. The van der Waals surface area contributed by atoms with Gasteiger partial charge in [-0.15, -0.1) is 0 Å². The number of ketones is 1. The Morgan fingerprint density at radius 1 is 1.24 bits per heavy atom. The highest BCUT2D eigenvalue weighted by atomic mass is 16.1. The van der Waals surface area contributed by atoms with Crippen LogP contribution in [0.25, 0.3) is 0 Å². The van der Waals surface area contributed by atoms with Crippen LogP contribution < -0.4 is 5.32 Å². The molecule has 2 aromatic rings. The van der Waals surface area contributed by atoms with Gasteiger partial charge in [0.15, 0.2) is 5.78 Å². The maximum absolute atomic E-state index is 12.2. The van der Waals surface area contributed by atoms with Crippen LogP contribution in [0.3, 0.4) is 0 Å². The van der Waals surface area contributed by atoms with Crippen molar-refractivity contribution in [2.45, 2.75) is 6.42 Å². The fourth-order valence-electron chi connectivity index (χ4n) is 2.10. The first-order valence-electron chi connectivity index (χ1n) is 5.66. The molecule has 0 amide bonds. The fourth-order valence-corrected chi connectivity index (χ4v) is 2.10. The SMILES string of the molecule is O=C(c1cccnc1)c1ccc2c(c1)NCC2. The van der Waals surface area contributed by atoms with Gasteiger partial charge < -0.3 is 5.32 Å². The molecular formula is C14H12N2O. The van der Waals surface area contributed by atoms with E-state index in [1.54, 1.807) is 24.5 Å². The number of hydrogen-bond donors (Lipinski definition) is 1. The molecule has 3 heteroatoms. The highest BCUT2D eigenvalue weighted by Crippen LogP contribution is 2.24. The van der Waals surface area contributed by atoms with Gasteiger partial charge in [-0.25, -0.2) is 0 Å². The van der Waals surface area contributed by atoms with Crippen LogP contribution in [0, 0.1) is 0 Å². The molecule has 0 aliphatic carbocycles. The fraction of sp³-hybridized carbons (Fsp3) is 0.143. The Morgan fingerprint density at radius 3 is 3.00 bits per heavy atom. The lowest BCUT2D eigenvalue weighted by Gasteiger charge is -2.04. The number of pyridine rings is 1. The summed E-state index contributed by atoms with van der Waals surface area (Å²) in [5.41, 5.74) is 3.71. The number of aromatic nitrogens is 1. The minimum Gasteiger partial charge on any atom is -0.384 e. The van der Waals surface area contributed by atoms with Crippen LogP contribution in [0.5, 0.6) is 0 Å². The number of carbonyl (C=O) groups is 1. The zero-order chi connectivity index (χ0) is 11.7. The molecule has 0 bridgehead atoms. The molecule has 3 nitrogen and oxygen atoms in total. The Hall–Kier alpha value is -2.16. The molecule has 0 spiro atoms. The van der Waals surface area contributed by atoms with Crippen molar-refractivity contribution in [2.24, 2.45) is 0 Å². The minimum absolute atomic E-state index is 0.0228. The summed E-state index contributed by atoms with van der Waals surface area (Å²) in [6, 6.07) is 9.41. The van der Waals surface area contributed by atoms with Gasteiger partial charge in [0.2, 0.25) is 0 Å². The van der Waals surface area contributed by atoms with Crippen LogP contribution >= 0.6 is 0 Å². The molecule has 1 N–H and O–H groups in total. The third kappa shape index (κ3) is 1.80. The summed E-state index contributed by atoms with van der Waals surface area (Å²) in [6.45, 7) is 0.958. The van der Waals surface area contributed by atoms with Crippen molar-refractivity contribution in [1.82, 2.24) is 4.98 Å². The van der Waals surface area contributed by atoms with E-state index in [9.17, 15) is 4.79 Å². The van der Waals surface area contributed by atoms with E-state index in [2.05, 4.69) is 10.3 Å². The molecule has 1 aromatic carbocycles. The van der Waals surface area contributed by atoms with Gasteiger partial charge in [0.05, 0.1) is 0 Å². The van der Waals surface area contributed by atoms with Crippen molar-refractivity contribution >= 4 is 11.5 Å². The summed E-state index contributed by atoms with van der Waals surface area (Å²) in [5.74, 6) is 0.0228. The largest absolute Gasteiger partial charge is 0.384 e. The van der Waals surface area contributed by atoms with E-state index in [0.29, 0.717) is 11.1 Å². The monoisotopic (exact) mass is 224 g/mol. The third-order valence-electron chi connectivity index (χ3n) is 3.01. The number of nitrogens with one attached hydrogen (secondary N) is 1. The molecule has 2 heterocycles. The number of hydrogen-bond acceptors (Lipinski definition) is 3. The van der Waals surface area contributed by atoms with E-state index in [1.807, 2.05) is 18.2 Å². The molecular weight excluding hydrogens is 212 g/mol. The zero-order valence-corrected chi connectivity index (χ0v) is 9.31. The van der Waals surface area contributed by atoms with Crippen LogP contribution in [0.1, 0.15) is 21.5 Å². The smallest absolute Gasteiger partial charge is 0.194 e. The first-order chi connectivity index (χ1) is 8.34. The lowest BCUT2D eigenvalue weighted by atomic mass is 10.0. The first-order valence-corrected chi connectivity index (χ1v) is 5.66. The van der Waals surface area contributed by atoms with Gasteiger partial charge in [-0.05, 0) is 30.2 Å². The predicted molar refractivity (Wildman–Crippen MR) is 66.3 cm³/mol. The summed E-state index contributed by atoms with van der Waals surface area (Å²) < 4.78 is 0. The number of nitrogens with zero attached hydrogens (tertiary/aromatic N) is 1. The van der Waals surface area contributed by atoms with E-state index in [-0.39, 0.29) is 5.78 Å². The second kappa shape index (κ2) is 4.01. The average Bonchev–Trinajstić information content (AvgIpc) is 2.86. The Morgan fingerprint density at radius 2 is 2.18 bits per heavy atom. The Kier molecular flexibility index (Phi) is 2.37. The Bertz CT molecular complexity index is 564. The molecule has 17 heavy (non-hydrogen) atoms. The molecule has 0 atom stereocenters. The van der Waals surface area contributed by atoms with Crippen LogP contribution in [-0.2, 0) is 6.42 Å². The summed E-state index contributed by atoms with van der Waals surface area (Å²) >= 11 is 0. The van der Waals surface area contributed by atoms with Crippen molar-refractivity contribution in [3.63, 3.8) is 0 Å². The molecule has 84 valence electrons. The average molecular weight is 224 g/mol. The van der Waals surface area contributed by atoms with Gasteiger partial charge in [-0.3, -0.25) is 9.78 Å². The maximum Gasteiger partial charge on any atom is 0.194 e. The number of carbonyl (C=O) groups excluding carboxylic acids is 1. The summed E-state index contributed by atoms with van der Waals surface area (Å²) in [4.78, 5) is 16.1. The minimum atomic E-state index is 0.0228. The van der Waals surface area contributed by atoms with Gasteiger partial charge in [0, 0.05) is 35.8 Å². The highest BCUT2D eigenvalue weighted by molar-refractivity contribution is 6.09. The molecule has 0 radical (unpaired) electrons. The maximum atomic E-state index is 12.2. The van der Waals surface area contributed by atoms with Gasteiger partial charge in [-0.1, -0.05) is 12.1 Å². The topological polar surface area (TPSA) is 42.0 Å². The van der Waals surface area contributed by atoms with E-state index >= 15 is 0 Å². The molecule has 0 saturated carbocycles. The molecule has 1 aromatic heterocycles. The van der Waals surface area contributed by atoms with E-state index in [0.717, 1.165) is 18.7 Å². The number of anilines is 1. The number of benzene rings is 1.